The third-order valence-electron chi connectivity index (χ3n) is 5.91. The molecule has 0 bridgehead atoms. The minimum atomic E-state index is -1.20. The Balaban J connectivity index is 2.19. The summed E-state index contributed by atoms with van der Waals surface area (Å²) < 4.78 is 0. The Morgan fingerprint density at radius 3 is 2.27 bits per heavy atom. The molecule has 5 atom stereocenters. The molecule has 3 amide bonds. The highest BCUT2D eigenvalue weighted by Crippen LogP contribution is 2.14. The third-order valence-corrected chi connectivity index (χ3v) is 5.91. The standard InChI is InChI=1S/C23H34N4O6/c1-4-13(2)19(27-20(29)17-6-5-11-24-17)22(31)26-18(21(30)25-14(3)23(32)33)12-15-7-9-16(28)10-8-15/h7-10,13-14,17-19,24,28H,4-6,11-12H2,1-3H3,(H,25,30)(H,26,31)(H,27,29)(H,32,33). The molecule has 1 aromatic carbocycles. The van der Waals surface area contributed by atoms with E-state index in [0.717, 1.165) is 13.0 Å². The Kier molecular flexibility index (Phi) is 9.65. The molecule has 1 saturated heterocycles. The van der Waals surface area contributed by atoms with Crippen LogP contribution in [-0.2, 0) is 25.6 Å². The number of nitrogens with one attached hydrogen (secondary N) is 4. The molecule has 0 saturated carbocycles. The number of phenolic OH excluding ortho intramolecular Hbond substituents is 1. The molecule has 33 heavy (non-hydrogen) atoms. The Morgan fingerprint density at radius 1 is 1.06 bits per heavy atom. The minimum absolute atomic E-state index is 0.0587. The summed E-state index contributed by atoms with van der Waals surface area (Å²) in [5.41, 5.74) is 0.663. The van der Waals surface area contributed by atoms with Crippen LogP contribution in [-0.4, -0.2) is 64.6 Å². The summed E-state index contributed by atoms with van der Waals surface area (Å²) in [6, 6.07) is 2.73. The largest absolute Gasteiger partial charge is 0.508 e. The molecule has 10 heteroatoms. The van der Waals surface area contributed by atoms with Crippen LogP contribution in [0.2, 0.25) is 0 Å². The Hall–Kier alpha value is -3.14. The summed E-state index contributed by atoms with van der Waals surface area (Å²) in [7, 11) is 0. The van der Waals surface area contributed by atoms with Crippen molar-refractivity contribution in [1.82, 2.24) is 21.3 Å². The predicted octanol–water partition coefficient (Wildman–Crippen LogP) is 0.292. The molecule has 1 heterocycles. The molecule has 0 aliphatic carbocycles. The minimum Gasteiger partial charge on any atom is -0.508 e. The van der Waals surface area contributed by atoms with E-state index in [9.17, 15) is 24.3 Å². The topological polar surface area (TPSA) is 157 Å². The van der Waals surface area contributed by atoms with Crippen molar-refractivity contribution in [3.05, 3.63) is 29.8 Å². The van der Waals surface area contributed by atoms with E-state index in [1.807, 2.05) is 13.8 Å². The van der Waals surface area contributed by atoms with Crippen LogP contribution in [0.1, 0.15) is 45.6 Å². The molecule has 182 valence electrons. The number of hydrogen-bond acceptors (Lipinski definition) is 6. The van der Waals surface area contributed by atoms with Crippen molar-refractivity contribution in [2.24, 2.45) is 5.92 Å². The van der Waals surface area contributed by atoms with Crippen molar-refractivity contribution in [3.63, 3.8) is 0 Å². The fourth-order valence-electron chi connectivity index (χ4n) is 3.58. The highest BCUT2D eigenvalue weighted by atomic mass is 16.4. The number of carboxylic acids is 1. The fourth-order valence-corrected chi connectivity index (χ4v) is 3.58. The third kappa shape index (κ3) is 7.74. The first-order chi connectivity index (χ1) is 15.6. The summed E-state index contributed by atoms with van der Waals surface area (Å²) in [6.45, 7) is 5.82. The lowest BCUT2D eigenvalue weighted by Crippen LogP contribution is -2.58. The summed E-state index contributed by atoms with van der Waals surface area (Å²) >= 11 is 0. The zero-order valence-corrected chi connectivity index (χ0v) is 19.3. The van der Waals surface area contributed by atoms with Crippen LogP contribution < -0.4 is 21.3 Å². The Labute approximate surface area is 193 Å². The molecule has 0 aromatic heterocycles. The number of carbonyl (C=O) groups excluding carboxylic acids is 3. The second kappa shape index (κ2) is 12.2. The second-order valence-corrected chi connectivity index (χ2v) is 8.52. The monoisotopic (exact) mass is 462 g/mol. The average molecular weight is 463 g/mol. The molecule has 5 unspecified atom stereocenters. The van der Waals surface area contributed by atoms with E-state index in [1.54, 1.807) is 12.1 Å². The van der Waals surface area contributed by atoms with E-state index >= 15 is 0 Å². The molecule has 1 aliphatic heterocycles. The van der Waals surface area contributed by atoms with Gasteiger partial charge in [-0.15, -0.1) is 0 Å². The lowest BCUT2D eigenvalue weighted by molar-refractivity contribution is -0.141. The first-order valence-corrected chi connectivity index (χ1v) is 11.3. The van der Waals surface area contributed by atoms with Crippen molar-refractivity contribution in [2.75, 3.05) is 6.54 Å². The number of carboxylic acid groups (broad SMARTS) is 1. The number of aliphatic carboxylic acids is 1. The van der Waals surface area contributed by atoms with E-state index in [1.165, 1.54) is 19.1 Å². The summed E-state index contributed by atoms with van der Waals surface area (Å²) in [5.74, 6) is -2.76. The normalized spacial score (nSPS) is 19.1. The number of phenols is 1. The molecular weight excluding hydrogens is 428 g/mol. The maximum atomic E-state index is 13.2. The Bertz CT molecular complexity index is 838. The van der Waals surface area contributed by atoms with Gasteiger partial charge in [-0.2, -0.15) is 0 Å². The van der Waals surface area contributed by atoms with Crippen LogP contribution >= 0.6 is 0 Å². The van der Waals surface area contributed by atoms with Gasteiger partial charge in [-0.05, 0) is 49.9 Å². The average Bonchev–Trinajstić information content (AvgIpc) is 3.32. The summed E-state index contributed by atoms with van der Waals surface area (Å²) in [4.78, 5) is 49.8. The van der Waals surface area contributed by atoms with Crippen LogP contribution in [0.4, 0.5) is 0 Å². The quantitative estimate of drug-likeness (QED) is 0.276. The van der Waals surface area contributed by atoms with Gasteiger partial charge in [0, 0.05) is 6.42 Å². The van der Waals surface area contributed by atoms with E-state index < -0.39 is 35.9 Å². The second-order valence-electron chi connectivity index (χ2n) is 8.52. The van der Waals surface area contributed by atoms with E-state index in [4.69, 9.17) is 5.11 Å². The van der Waals surface area contributed by atoms with Gasteiger partial charge in [-0.25, -0.2) is 0 Å². The zero-order valence-electron chi connectivity index (χ0n) is 19.3. The van der Waals surface area contributed by atoms with Crippen molar-refractivity contribution in [3.8, 4) is 5.75 Å². The zero-order chi connectivity index (χ0) is 24.5. The van der Waals surface area contributed by atoms with E-state index in [2.05, 4.69) is 21.3 Å². The lowest BCUT2D eigenvalue weighted by atomic mass is 9.96. The first kappa shape index (κ1) is 26.1. The van der Waals surface area contributed by atoms with E-state index in [-0.39, 0.29) is 30.0 Å². The van der Waals surface area contributed by atoms with Crippen molar-refractivity contribution < 1.29 is 29.4 Å². The summed E-state index contributed by atoms with van der Waals surface area (Å²) in [6.07, 6.45) is 2.28. The SMILES string of the molecule is CCC(C)C(NC(=O)C1CCCN1)C(=O)NC(Cc1ccc(O)cc1)C(=O)NC(C)C(=O)O. The van der Waals surface area contributed by atoms with Crippen LogP contribution in [0, 0.1) is 5.92 Å². The van der Waals surface area contributed by atoms with Crippen molar-refractivity contribution in [2.45, 2.75) is 70.6 Å². The van der Waals surface area contributed by atoms with Gasteiger partial charge in [0.25, 0.3) is 0 Å². The van der Waals surface area contributed by atoms with Crippen LogP contribution in [0.3, 0.4) is 0 Å². The smallest absolute Gasteiger partial charge is 0.325 e. The molecule has 2 rings (SSSR count). The number of aromatic hydroxyl groups is 1. The van der Waals surface area contributed by atoms with Gasteiger partial charge in [0.15, 0.2) is 0 Å². The summed E-state index contributed by atoms with van der Waals surface area (Å²) in [5, 5.41) is 29.6. The highest BCUT2D eigenvalue weighted by molar-refractivity contribution is 5.94. The molecule has 1 aliphatic rings. The van der Waals surface area contributed by atoms with Gasteiger partial charge < -0.3 is 31.5 Å². The van der Waals surface area contributed by atoms with E-state index in [0.29, 0.717) is 18.4 Å². The molecule has 1 fully saturated rings. The number of hydrogen-bond donors (Lipinski definition) is 6. The van der Waals surface area contributed by atoms with Crippen molar-refractivity contribution in [1.29, 1.82) is 0 Å². The predicted molar refractivity (Wildman–Crippen MR) is 121 cm³/mol. The molecule has 6 N–H and O–H groups in total. The van der Waals surface area contributed by atoms with Crippen LogP contribution in [0.15, 0.2) is 24.3 Å². The van der Waals surface area contributed by atoms with Crippen molar-refractivity contribution >= 4 is 23.7 Å². The van der Waals surface area contributed by atoms with Gasteiger partial charge in [0.1, 0.15) is 23.9 Å². The maximum Gasteiger partial charge on any atom is 0.325 e. The number of rotatable bonds is 11. The molecule has 0 radical (unpaired) electrons. The molecule has 1 aromatic rings. The highest BCUT2D eigenvalue weighted by Gasteiger charge is 2.33. The molecular formula is C23H34N4O6. The van der Waals surface area contributed by atoms with Gasteiger partial charge >= 0.3 is 5.97 Å². The van der Waals surface area contributed by atoms with Gasteiger partial charge in [0.2, 0.25) is 17.7 Å². The lowest BCUT2D eigenvalue weighted by Gasteiger charge is -2.28. The number of carbonyl (C=O) groups is 4. The van der Waals surface area contributed by atoms with Gasteiger partial charge in [-0.3, -0.25) is 19.2 Å². The van der Waals surface area contributed by atoms with Gasteiger partial charge in [-0.1, -0.05) is 32.4 Å². The first-order valence-electron chi connectivity index (χ1n) is 11.3. The van der Waals surface area contributed by atoms with Crippen LogP contribution in [0.5, 0.6) is 5.75 Å². The number of amides is 3. The Morgan fingerprint density at radius 2 is 1.73 bits per heavy atom. The molecule has 10 nitrogen and oxygen atoms in total. The molecule has 0 spiro atoms. The number of benzene rings is 1. The van der Waals surface area contributed by atoms with Crippen LogP contribution in [0.25, 0.3) is 0 Å². The fraction of sp³-hybridized carbons (Fsp3) is 0.565. The maximum absolute atomic E-state index is 13.2. The van der Waals surface area contributed by atoms with Gasteiger partial charge in [0.05, 0.1) is 6.04 Å².